The van der Waals surface area contributed by atoms with Crippen LogP contribution in [0.4, 0.5) is 0 Å². The molecule has 0 amide bonds. The van der Waals surface area contributed by atoms with E-state index >= 15 is 0 Å². The lowest BCUT2D eigenvalue weighted by Gasteiger charge is -2.29. The lowest BCUT2D eigenvalue weighted by Crippen LogP contribution is -2.40. The monoisotopic (exact) mass is 512 g/mol. The molecule has 1 aliphatic carbocycles. The molecule has 3 aromatic rings. The van der Waals surface area contributed by atoms with Crippen molar-refractivity contribution in [1.82, 2.24) is 9.80 Å². The van der Waals surface area contributed by atoms with E-state index < -0.39 is 14.2 Å². The largest absolute Gasteiger partial charge is 0.488 e. The molecular formula is C30H38B2N2O4. The van der Waals surface area contributed by atoms with E-state index in [1.165, 1.54) is 22.3 Å². The average molecular weight is 512 g/mol. The van der Waals surface area contributed by atoms with Crippen LogP contribution >= 0.6 is 0 Å². The first-order valence-electron chi connectivity index (χ1n) is 13.3. The maximum Gasteiger partial charge on any atom is 0.488 e. The first-order chi connectivity index (χ1) is 18.2. The van der Waals surface area contributed by atoms with Crippen LogP contribution in [0.2, 0.25) is 0 Å². The third-order valence-electron chi connectivity index (χ3n) is 7.69. The quantitative estimate of drug-likeness (QED) is 0.287. The van der Waals surface area contributed by atoms with E-state index in [1.807, 2.05) is 50.5 Å². The average Bonchev–Trinajstić information content (AvgIpc) is 2.89. The Kier molecular flexibility index (Phi) is 9.26. The molecule has 0 heterocycles. The zero-order valence-electron chi connectivity index (χ0n) is 22.5. The van der Waals surface area contributed by atoms with Crippen LogP contribution in [0, 0.1) is 0 Å². The summed E-state index contributed by atoms with van der Waals surface area (Å²) < 4.78 is 0. The SMILES string of the molecule is C=c1c(CN(C)Cc2ccccc2B(O)O)c2c(c(CN(C)Cc3ccccc3B(O)O)c1=C)CCCC2. The second-order valence-corrected chi connectivity index (χ2v) is 10.6. The molecule has 8 heteroatoms. The summed E-state index contributed by atoms with van der Waals surface area (Å²) in [7, 11) is 1.11. The maximum atomic E-state index is 9.77. The van der Waals surface area contributed by atoms with E-state index in [0.717, 1.165) is 47.2 Å². The van der Waals surface area contributed by atoms with Crippen LogP contribution in [-0.2, 0) is 39.0 Å². The molecule has 3 aromatic carbocycles. The molecule has 4 N–H and O–H groups in total. The molecule has 198 valence electrons. The third-order valence-corrected chi connectivity index (χ3v) is 7.69. The van der Waals surface area contributed by atoms with Gasteiger partial charge < -0.3 is 20.1 Å². The summed E-state index contributed by atoms with van der Waals surface area (Å²) >= 11 is 0. The van der Waals surface area contributed by atoms with Gasteiger partial charge in [-0.25, -0.2) is 0 Å². The smallest absolute Gasteiger partial charge is 0.423 e. The summed E-state index contributed by atoms with van der Waals surface area (Å²) in [6.45, 7) is 11.5. The maximum absolute atomic E-state index is 9.77. The highest BCUT2D eigenvalue weighted by Gasteiger charge is 2.23. The summed E-state index contributed by atoms with van der Waals surface area (Å²) in [4.78, 5) is 4.39. The Hall–Kier alpha value is -2.71. The number of hydrogen-bond acceptors (Lipinski definition) is 6. The molecule has 0 atom stereocenters. The van der Waals surface area contributed by atoms with Gasteiger partial charge in [0.1, 0.15) is 0 Å². The van der Waals surface area contributed by atoms with Crippen molar-refractivity contribution in [3.05, 3.63) is 92.3 Å². The summed E-state index contributed by atoms with van der Waals surface area (Å²) in [5.41, 5.74) is 8.07. The Morgan fingerprint density at radius 3 is 1.37 bits per heavy atom. The van der Waals surface area contributed by atoms with E-state index in [9.17, 15) is 20.1 Å². The fourth-order valence-corrected chi connectivity index (χ4v) is 5.78. The molecule has 38 heavy (non-hydrogen) atoms. The van der Waals surface area contributed by atoms with E-state index in [2.05, 4.69) is 23.0 Å². The number of fused-ring (bicyclic) bond motifs is 1. The minimum absolute atomic E-state index is 0.530. The number of nitrogens with zero attached hydrogens (tertiary/aromatic N) is 2. The van der Waals surface area contributed by atoms with Gasteiger partial charge in [-0.3, -0.25) is 9.80 Å². The first kappa shape index (κ1) is 28.3. The van der Waals surface area contributed by atoms with Gasteiger partial charge in [-0.15, -0.1) is 0 Å². The van der Waals surface area contributed by atoms with Crippen LogP contribution in [0.5, 0.6) is 0 Å². The standard InChI is InChI=1S/C30H38B2N2O4/c1-21-22(2)28(20-34(4)18-24-12-6-10-16-30(24)32(37)38)26-14-8-7-13-25(26)27(21)19-33(3)17-23-11-5-9-15-29(23)31(35)36/h5-6,9-12,15-16,35-38H,1-2,7-8,13-14,17-20H2,3-4H3. The topological polar surface area (TPSA) is 87.4 Å². The van der Waals surface area contributed by atoms with Crippen molar-refractivity contribution in [3.8, 4) is 0 Å². The van der Waals surface area contributed by atoms with Gasteiger partial charge in [0, 0.05) is 26.2 Å². The summed E-state index contributed by atoms with van der Waals surface area (Å²) in [6.07, 6.45) is 4.33. The molecule has 0 fully saturated rings. The van der Waals surface area contributed by atoms with Crippen molar-refractivity contribution in [1.29, 1.82) is 0 Å². The predicted octanol–water partition coefficient (Wildman–Crippen LogP) is 0.00960. The molecule has 4 rings (SSSR count). The Labute approximate surface area is 226 Å². The van der Waals surface area contributed by atoms with Crippen molar-refractivity contribution in [2.75, 3.05) is 14.1 Å². The van der Waals surface area contributed by atoms with Gasteiger partial charge in [0.15, 0.2) is 0 Å². The molecule has 1 aliphatic rings. The summed E-state index contributed by atoms with van der Waals surface area (Å²) in [5.74, 6) is 0. The highest BCUT2D eigenvalue weighted by molar-refractivity contribution is 6.59. The third kappa shape index (κ3) is 6.29. The molecule has 0 bridgehead atoms. The summed E-state index contributed by atoms with van der Waals surface area (Å²) in [6, 6.07) is 14.8. The summed E-state index contributed by atoms with van der Waals surface area (Å²) in [5, 5.41) is 41.0. The highest BCUT2D eigenvalue weighted by atomic mass is 16.4. The highest BCUT2D eigenvalue weighted by Crippen LogP contribution is 2.26. The normalized spacial score (nSPS) is 13.2. The Balaban J connectivity index is 1.60. The lowest BCUT2D eigenvalue weighted by molar-refractivity contribution is 0.312. The zero-order chi connectivity index (χ0) is 27.4. The zero-order valence-corrected chi connectivity index (χ0v) is 22.5. The molecule has 0 spiro atoms. The first-order valence-corrected chi connectivity index (χ1v) is 13.3. The van der Waals surface area contributed by atoms with Crippen molar-refractivity contribution >= 4 is 38.3 Å². The van der Waals surface area contributed by atoms with Crippen LogP contribution in [0.15, 0.2) is 48.5 Å². The molecule has 0 aromatic heterocycles. The molecule has 0 saturated heterocycles. The van der Waals surface area contributed by atoms with Gasteiger partial charge in [0.05, 0.1) is 0 Å². The Bertz CT molecular complexity index is 1270. The predicted molar refractivity (Wildman–Crippen MR) is 156 cm³/mol. The second-order valence-electron chi connectivity index (χ2n) is 10.6. The molecular weight excluding hydrogens is 474 g/mol. The minimum Gasteiger partial charge on any atom is -0.423 e. The minimum atomic E-state index is -1.49. The van der Waals surface area contributed by atoms with Crippen LogP contribution < -0.4 is 21.4 Å². The molecule has 0 aliphatic heterocycles. The van der Waals surface area contributed by atoms with Crippen LogP contribution in [-0.4, -0.2) is 58.2 Å². The van der Waals surface area contributed by atoms with Gasteiger partial charge in [0.25, 0.3) is 0 Å². The van der Waals surface area contributed by atoms with Gasteiger partial charge in [0.2, 0.25) is 0 Å². The van der Waals surface area contributed by atoms with Gasteiger partial charge >= 0.3 is 14.2 Å². The van der Waals surface area contributed by atoms with Crippen LogP contribution in [0.25, 0.3) is 13.2 Å². The van der Waals surface area contributed by atoms with Gasteiger partial charge in [-0.2, -0.15) is 0 Å². The van der Waals surface area contributed by atoms with E-state index in [0.29, 0.717) is 37.1 Å². The Morgan fingerprint density at radius 1 is 0.632 bits per heavy atom. The van der Waals surface area contributed by atoms with Crippen molar-refractivity contribution in [3.63, 3.8) is 0 Å². The van der Waals surface area contributed by atoms with Gasteiger partial charge in [-0.05, 0) is 94.5 Å². The number of benzene rings is 3. The van der Waals surface area contributed by atoms with Gasteiger partial charge in [-0.1, -0.05) is 61.7 Å². The Morgan fingerprint density at radius 2 is 1.00 bits per heavy atom. The molecule has 0 unspecified atom stereocenters. The molecule has 0 saturated carbocycles. The van der Waals surface area contributed by atoms with Crippen molar-refractivity contribution in [2.24, 2.45) is 0 Å². The van der Waals surface area contributed by atoms with E-state index in [-0.39, 0.29) is 0 Å². The lowest BCUT2D eigenvalue weighted by atomic mass is 9.77. The number of rotatable bonds is 10. The fraction of sp³-hybridized carbons (Fsp3) is 0.333. The second kappa shape index (κ2) is 12.4. The van der Waals surface area contributed by atoms with Crippen molar-refractivity contribution in [2.45, 2.75) is 51.9 Å². The fourth-order valence-electron chi connectivity index (χ4n) is 5.78. The van der Waals surface area contributed by atoms with Crippen LogP contribution in [0.3, 0.4) is 0 Å². The molecule has 6 nitrogen and oxygen atoms in total. The van der Waals surface area contributed by atoms with E-state index in [4.69, 9.17) is 0 Å². The number of hydrogen-bond donors (Lipinski definition) is 4. The van der Waals surface area contributed by atoms with E-state index in [1.54, 1.807) is 12.1 Å². The van der Waals surface area contributed by atoms with Crippen molar-refractivity contribution < 1.29 is 20.1 Å². The molecule has 0 radical (unpaired) electrons. The van der Waals surface area contributed by atoms with Crippen LogP contribution in [0.1, 0.15) is 46.2 Å².